The highest BCUT2D eigenvalue weighted by Crippen LogP contribution is 2.35. The first kappa shape index (κ1) is 14.8. The average molecular weight is 297 g/mol. The van der Waals surface area contributed by atoms with Crippen molar-refractivity contribution in [1.82, 2.24) is 5.06 Å². The van der Waals surface area contributed by atoms with Crippen LogP contribution in [0.5, 0.6) is 5.75 Å². The molecule has 0 unspecified atom stereocenters. The second kappa shape index (κ2) is 6.73. The van der Waals surface area contributed by atoms with E-state index in [1.165, 1.54) is 0 Å². The van der Waals surface area contributed by atoms with Gasteiger partial charge in [0, 0.05) is 6.54 Å². The third kappa shape index (κ3) is 3.03. The Bertz CT molecular complexity index is 612. The minimum absolute atomic E-state index is 0.0661. The Kier molecular flexibility index (Phi) is 4.51. The van der Waals surface area contributed by atoms with Gasteiger partial charge < -0.3 is 9.53 Å². The zero-order valence-electron chi connectivity index (χ0n) is 12.5. The summed E-state index contributed by atoms with van der Waals surface area (Å²) in [7, 11) is 1.64. The maximum Gasteiger partial charge on any atom is 0.127 e. The average Bonchev–Trinajstić information content (AvgIpc) is 2.98. The number of carbonyl (C=O) groups is 1. The van der Waals surface area contributed by atoms with Gasteiger partial charge in [-0.25, -0.2) is 0 Å². The minimum Gasteiger partial charge on any atom is -0.497 e. The van der Waals surface area contributed by atoms with Gasteiger partial charge in [-0.15, -0.1) is 0 Å². The van der Waals surface area contributed by atoms with Gasteiger partial charge in [0.15, 0.2) is 0 Å². The van der Waals surface area contributed by atoms with Crippen LogP contribution in [0, 0.1) is 5.92 Å². The van der Waals surface area contributed by atoms with E-state index in [2.05, 4.69) is 12.1 Å². The van der Waals surface area contributed by atoms with Crippen molar-refractivity contribution in [2.75, 3.05) is 13.7 Å². The van der Waals surface area contributed by atoms with Gasteiger partial charge in [-0.05, 0) is 23.3 Å². The Morgan fingerprint density at radius 2 is 1.91 bits per heavy atom. The molecule has 2 atom stereocenters. The van der Waals surface area contributed by atoms with Gasteiger partial charge in [0.25, 0.3) is 0 Å². The zero-order valence-corrected chi connectivity index (χ0v) is 12.5. The summed E-state index contributed by atoms with van der Waals surface area (Å²) in [6.07, 6.45) is 0.986. The topological polar surface area (TPSA) is 38.8 Å². The zero-order chi connectivity index (χ0) is 15.4. The fraction of sp³-hybridized carbons (Fsp3) is 0.278. The van der Waals surface area contributed by atoms with Crippen molar-refractivity contribution in [3.8, 4) is 5.75 Å². The maximum atomic E-state index is 11.4. The van der Waals surface area contributed by atoms with Crippen LogP contribution < -0.4 is 4.74 Å². The fourth-order valence-electron chi connectivity index (χ4n) is 2.80. The van der Waals surface area contributed by atoms with Gasteiger partial charge in [-0.2, -0.15) is 5.06 Å². The molecule has 1 saturated heterocycles. The monoisotopic (exact) mass is 297 g/mol. The highest BCUT2D eigenvalue weighted by molar-refractivity contribution is 5.56. The number of hydrogen-bond donors (Lipinski definition) is 0. The molecule has 4 nitrogen and oxygen atoms in total. The molecule has 0 bridgehead atoms. The van der Waals surface area contributed by atoms with Gasteiger partial charge in [0.2, 0.25) is 0 Å². The molecule has 2 aromatic carbocycles. The van der Waals surface area contributed by atoms with Crippen LogP contribution in [0.3, 0.4) is 0 Å². The summed E-state index contributed by atoms with van der Waals surface area (Å²) in [5.41, 5.74) is 2.22. The number of hydroxylamine groups is 2. The Balaban J connectivity index is 1.84. The standard InChI is InChI=1S/C18H19NO3/c1-21-17-9-7-15(8-10-17)18-16(12-20)13-22-19(18)11-14-5-3-2-4-6-14/h2-10,12,16,18H,11,13H2,1H3/t16-,18-/m1/s1. The van der Waals surface area contributed by atoms with Crippen molar-refractivity contribution in [2.24, 2.45) is 5.92 Å². The predicted octanol–water partition coefficient (Wildman–Crippen LogP) is 3.00. The van der Waals surface area contributed by atoms with Gasteiger partial charge in [0.05, 0.1) is 25.7 Å². The molecular weight excluding hydrogens is 278 g/mol. The lowest BCUT2D eigenvalue weighted by Gasteiger charge is -2.24. The lowest BCUT2D eigenvalue weighted by atomic mass is 9.95. The molecule has 0 N–H and O–H groups in total. The molecule has 0 amide bonds. The number of nitrogens with zero attached hydrogens (tertiary/aromatic N) is 1. The molecule has 0 aromatic heterocycles. The second-order valence-electron chi connectivity index (χ2n) is 5.37. The molecule has 3 rings (SSSR count). The first-order valence-electron chi connectivity index (χ1n) is 7.34. The van der Waals surface area contributed by atoms with Crippen molar-refractivity contribution < 1.29 is 14.4 Å². The summed E-state index contributed by atoms with van der Waals surface area (Å²) < 4.78 is 5.19. The number of ether oxygens (including phenoxy) is 1. The summed E-state index contributed by atoms with van der Waals surface area (Å²) in [5, 5.41) is 1.90. The van der Waals surface area contributed by atoms with Crippen LogP contribution in [-0.4, -0.2) is 25.1 Å². The summed E-state index contributed by atoms with van der Waals surface area (Å²) in [4.78, 5) is 17.1. The van der Waals surface area contributed by atoms with E-state index in [-0.39, 0.29) is 12.0 Å². The summed E-state index contributed by atoms with van der Waals surface area (Å²) >= 11 is 0. The first-order chi connectivity index (χ1) is 10.8. The lowest BCUT2D eigenvalue weighted by molar-refractivity contribution is -0.141. The van der Waals surface area contributed by atoms with E-state index in [4.69, 9.17) is 9.57 Å². The Hall–Kier alpha value is -2.17. The van der Waals surface area contributed by atoms with Crippen molar-refractivity contribution >= 4 is 6.29 Å². The highest BCUT2D eigenvalue weighted by atomic mass is 16.7. The molecule has 2 aromatic rings. The number of rotatable bonds is 5. The number of carbonyl (C=O) groups excluding carboxylic acids is 1. The number of benzene rings is 2. The largest absolute Gasteiger partial charge is 0.497 e. The lowest BCUT2D eigenvalue weighted by Crippen LogP contribution is -2.24. The molecule has 1 aliphatic rings. The molecule has 1 fully saturated rings. The van der Waals surface area contributed by atoms with E-state index in [9.17, 15) is 4.79 Å². The van der Waals surface area contributed by atoms with Crippen LogP contribution in [0.15, 0.2) is 54.6 Å². The third-order valence-electron chi connectivity index (χ3n) is 3.96. The van der Waals surface area contributed by atoms with Gasteiger partial charge in [-0.3, -0.25) is 4.84 Å². The number of aldehydes is 1. The maximum absolute atomic E-state index is 11.4. The van der Waals surface area contributed by atoms with Crippen molar-refractivity contribution in [1.29, 1.82) is 0 Å². The van der Waals surface area contributed by atoms with Gasteiger partial charge >= 0.3 is 0 Å². The Morgan fingerprint density at radius 1 is 1.18 bits per heavy atom. The first-order valence-corrected chi connectivity index (χ1v) is 7.34. The molecule has 1 heterocycles. The molecule has 4 heteroatoms. The van der Waals surface area contributed by atoms with Crippen LogP contribution in [0.1, 0.15) is 17.2 Å². The summed E-state index contributed by atoms with van der Waals surface area (Å²) in [6.45, 7) is 1.08. The quantitative estimate of drug-likeness (QED) is 0.795. The number of methoxy groups -OCH3 is 1. The van der Waals surface area contributed by atoms with Crippen LogP contribution in [0.2, 0.25) is 0 Å². The Morgan fingerprint density at radius 3 is 2.55 bits per heavy atom. The molecule has 22 heavy (non-hydrogen) atoms. The summed E-state index contributed by atoms with van der Waals surface area (Å²) in [6, 6.07) is 17.9. The molecule has 0 saturated carbocycles. The van der Waals surface area contributed by atoms with Crippen LogP contribution >= 0.6 is 0 Å². The molecule has 0 aliphatic carbocycles. The van der Waals surface area contributed by atoms with E-state index in [0.717, 1.165) is 23.2 Å². The third-order valence-corrected chi connectivity index (χ3v) is 3.96. The van der Waals surface area contributed by atoms with Crippen LogP contribution in [0.4, 0.5) is 0 Å². The van der Waals surface area contributed by atoms with Gasteiger partial charge in [0.1, 0.15) is 12.0 Å². The SMILES string of the molecule is COc1ccc([C@@H]2[C@H](C=O)CON2Cc2ccccc2)cc1. The van der Waals surface area contributed by atoms with Crippen molar-refractivity contribution in [2.45, 2.75) is 12.6 Å². The van der Waals surface area contributed by atoms with Crippen molar-refractivity contribution in [3.63, 3.8) is 0 Å². The second-order valence-corrected chi connectivity index (χ2v) is 5.37. The molecule has 1 aliphatic heterocycles. The molecule has 114 valence electrons. The smallest absolute Gasteiger partial charge is 0.127 e. The van der Waals surface area contributed by atoms with E-state index >= 15 is 0 Å². The highest BCUT2D eigenvalue weighted by Gasteiger charge is 2.36. The molecular formula is C18H19NO3. The van der Waals surface area contributed by atoms with Crippen LogP contribution in [-0.2, 0) is 16.2 Å². The summed E-state index contributed by atoms with van der Waals surface area (Å²) in [5.74, 6) is 0.650. The number of hydrogen-bond acceptors (Lipinski definition) is 4. The normalized spacial score (nSPS) is 21.7. The van der Waals surface area contributed by atoms with Gasteiger partial charge in [-0.1, -0.05) is 42.5 Å². The molecule has 0 spiro atoms. The Labute approximate surface area is 130 Å². The van der Waals surface area contributed by atoms with E-state index in [0.29, 0.717) is 13.2 Å². The fourth-order valence-corrected chi connectivity index (χ4v) is 2.80. The van der Waals surface area contributed by atoms with E-state index in [1.54, 1.807) is 7.11 Å². The van der Waals surface area contributed by atoms with E-state index < -0.39 is 0 Å². The van der Waals surface area contributed by atoms with Crippen LogP contribution in [0.25, 0.3) is 0 Å². The van der Waals surface area contributed by atoms with Crippen molar-refractivity contribution in [3.05, 3.63) is 65.7 Å². The predicted molar refractivity (Wildman–Crippen MR) is 83.2 cm³/mol. The minimum atomic E-state index is -0.155. The molecule has 0 radical (unpaired) electrons. The van der Waals surface area contributed by atoms with E-state index in [1.807, 2.05) is 47.5 Å².